The van der Waals surface area contributed by atoms with Crippen molar-refractivity contribution in [3.8, 4) is 5.75 Å². The first-order valence-corrected chi connectivity index (χ1v) is 11.0. The van der Waals surface area contributed by atoms with Crippen molar-refractivity contribution in [1.29, 1.82) is 0 Å². The average molecular weight is 423 g/mol. The Bertz CT molecular complexity index is 958. The minimum Gasteiger partial charge on any atom is -0.478 e. The number of hydrogen-bond donors (Lipinski definition) is 1. The minimum absolute atomic E-state index is 0.00718. The van der Waals surface area contributed by atoms with Crippen LogP contribution in [0.15, 0.2) is 48.5 Å². The summed E-state index contributed by atoms with van der Waals surface area (Å²) in [5, 5.41) is 3.23. The van der Waals surface area contributed by atoms with E-state index in [0.29, 0.717) is 23.7 Å². The molecule has 0 bridgehead atoms. The van der Waals surface area contributed by atoms with E-state index in [0.717, 1.165) is 11.3 Å². The summed E-state index contributed by atoms with van der Waals surface area (Å²) in [6.07, 6.45) is 0.698. The molecule has 0 saturated carbocycles. The third kappa shape index (κ3) is 4.59. The molecule has 3 rings (SSSR count). The van der Waals surface area contributed by atoms with Crippen LogP contribution in [0.5, 0.6) is 5.75 Å². The van der Waals surface area contributed by atoms with Crippen LogP contribution >= 0.6 is 11.6 Å². The topological polar surface area (TPSA) is 75.7 Å². The van der Waals surface area contributed by atoms with Crippen LogP contribution < -0.4 is 14.4 Å². The van der Waals surface area contributed by atoms with Crippen LogP contribution in [0.4, 0.5) is 5.69 Å². The normalized spacial score (nSPS) is 13.9. The Labute approximate surface area is 170 Å². The van der Waals surface area contributed by atoms with Gasteiger partial charge in [-0.1, -0.05) is 29.8 Å². The average Bonchev–Trinajstić information content (AvgIpc) is 3.08. The number of halogens is 1. The number of carbonyl (C=O) groups is 1. The van der Waals surface area contributed by atoms with Crippen molar-refractivity contribution in [2.24, 2.45) is 0 Å². The molecule has 6 nitrogen and oxygen atoms in total. The molecule has 1 N–H and O–H groups in total. The summed E-state index contributed by atoms with van der Waals surface area (Å²) in [7, 11) is -3.52. The number of hydrogen-bond acceptors (Lipinski definition) is 4. The van der Waals surface area contributed by atoms with Crippen molar-refractivity contribution in [3.63, 3.8) is 0 Å². The van der Waals surface area contributed by atoms with Gasteiger partial charge in [-0.15, -0.1) is 0 Å². The predicted octanol–water partition coefficient (Wildman–Crippen LogP) is 3.01. The lowest BCUT2D eigenvalue weighted by Crippen LogP contribution is -2.48. The first-order chi connectivity index (χ1) is 13.2. The van der Waals surface area contributed by atoms with Gasteiger partial charge in [0, 0.05) is 18.1 Å². The summed E-state index contributed by atoms with van der Waals surface area (Å²) in [5.74, 6) is -0.0605. The van der Waals surface area contributed by atoms with Crippen LogP contribution in [0.25, 0.3) is 0 Å². The number of benzene rings is 2. The lowest BCUT2D eigenvalue weighted by molar-refractivity contribution is -0.134. The van der Waals surface area contributed by atoms with Gasteiger partial charge in [-0.05, 0) is 56.2 Å². The number of nitrogens with one attached hydrogen (secondary N) is 1. The molecular formula is C20H23ClN2O4S. The van der Waals surface area contributed by atoms with E-state index in [9.17, 15) is 13.2 Å². The highest BCUT2D eigenvalue weighted by atomic mass is 35.5. The van der Waals surface area contributed by atoms with Crippen LogP contribution in [0.3, 0.4) is 0 Å². The largest absolute Gasteiger partial charge is 0.478 e. The fraction of sp³-hybridized carbons (Fsp3) is 0.350. The molecular weight excluding hydrogens is 400 g/mol. The third-order valence-electron chi connectivity index (χ3n) is 4.56. The molecule has 0 aromatic heterocycles. The lowest BCUT2D eigenvalue weighted by atomic mass is 10.1. The number of anilines is 1. The molecule has 28 heavy (non-hydrogen) atoms. The van der Waals surface area contributed by atoms with Gasteiger partial charge >= 0.3 is 0 Å². The summed E-state index contributed by atoms with van der Waals surface area (Å²) in [5.41, 5.74) is 0.588. The van der Waals surface area contributed by atoms with E-state index in [-0.39, 0.29) is 18.2 Å². The van der Waals surface area contributed by atoms with Crippen molar-refractivity contribution >= 4 is 33.2 Å². The Hall–Kier alpha value is -2.25. The first-order valence-electron chi connectivity index (χ1n) is 9.00. The van der Waals surface area contributed by atoms with E-state index in [1.165, 1.54) is 4.31 Å². The van der Waals surface area contributed by atoms with Crippen molar-refractivity contribution < 1.29 is 17.9 Å². The fourth-order valence-electron chi connectivity index (χ4n) is 3.06. The Morgan fingerprint density at radius 1 is 1.18 bits per heavy atom. The fourth-order valence-corrected chi connectivity index (χ4v) is 4.61. The highest BCUT2D eigenvalue weighted by Gasteiger charge is 2.32. The highest BCUT2D eigenvalue weighted by Crippen LogP contribution is 2.29. The Morgan fingerprint density at radius 3 is 2.57 bits per heavy atom. The SMILES string of the molecule is CC(C)(Oc1ccc(Cl)cc1)C(=O)NCCS(=O)(=O)N1CCc2ccccc21. The summed E-state index contributed by atoms with van der Waals surface area (Å²) in [6, 6.07) is 14.2. The monoisotopic (exact) mass is 422 g/mol. The molecule has 0 unspecified atom stereocenters. The van der Waals surface area contributed by atoms with E-state index < -0.39 is 15.6 Å². The second-order valence-electron chi connectivity index (χ2n) is 7.09. The molecule has 1 heterocycles. The van der Waals surface area contributed by atoms with Crippen LogP contribution in [-0.2, 0) is 21.2 Å². The molecule has 2 aromatic carbocycles. The van der Waals surface area contributed by atoms with Gasteiger partial charge in [0.2, 0.25) is 10.0 Å². The van der Waals surface area contributed by atoms with Gasteiger partial charge in [-0.3, -0.25) is 9.10 Å². The summed E-state index contributed by atoms with van der Waals surface area (Å²) in [4.78, 5) is 12.5. The van der Waals surface area contributed by atoms with Crippen molar-refractivity contribution in [2.45, 2.75) is 25.9 Å². The van der Waals surface area contributed by atoms with Gasteiger partial charge in [0.15, 0.2) is 5.60 Å². The number of fused-ring (bicyclic) bond motifs is 1. The molecule has 0 aliphatic carbocycles. The highest BCUT2D eigenvalue weighted by molar-refractivity contribution is 7.92. The van der Waals surface area contributed by atoms with Gasteiger partial charge in [0.1, 0.15) is 5.75 Å². The molecule has 2 aromatic rings. The molecule has 0 fully saturated rings. The molecule has 8 heteroatoms. The van der Waals surface area contributed by atoms with Gasteiger partial charge < -0.3 is 10.1 Å². The van der Waals surface area contributed by atoms with E-state index in [1.54, 1.807) is 38.1 Å². The van der Waals surface area contributed by atoms with Crippen molar-refractivity contribution in [3.05, 3.63) is 59.1 Å². The number of ether oxygens (including phenoxy) is 1. The van der Waals surface area contributed by atoms with Crippen LogP contribution in [0.2, 0.25) is 5.02 Å². The van der Waals surface area contributed by atoms with Crippen molar-refractivity contribution in [2.75, 3.05) is 23.1 Å². The van der Waals surface area contributed by atoms with Gasteiger partial charge in [0.05, 0.1) is 11.4 Å². The molecule has 0 spiro atoms. The van der Waals surface area contributed by atoms with E-state index in [4.69, 9.17) is 16.3 Å². The summed E-state index contributed by atoms with van der Waals surface area (Å²) < 4.78 is 32.5. The lowest BCUT2D eigenvalue weighted by Gasteiger charge is -2.26. The van der Waals surface area contributed by atoms with Gasteiger partial charge in [0.25, 0.3) is 5.91 Å². The molecule has 0 atom stereocenters. The maximum absolute atomic E-state index is 12.7. The molecule has 1 aliphatic rings. The summed E-state index contributed by atoms with van der Waals surface area (Å²) >= 11 is 5.85. The number of amides is 1. The second-order valence-corrected chi connectivity index (χ2v) is 9.54. The molecule has 0 radical (unpaired) electrons. The zero-order valence-electron chi connectivity index (χ0n) is 15.8. The number of carbonyl (C=O) groups excluding carboxylic acids is 1. The Balaban J connectivity index is 1.56. The molecule has 1 aliphatic heterocycles. The predicted molar refractivity (Wildman–Crippen MR) is 110 cm³/mol. The molecule has 150 valence electrons. The zero-order chi connectivity index (χ0) is 20.4. The van der Waals surface area contributed by atoms with Crippen LogP contribution in [0.1, 0.15) is 19.4 Å². The quantitative estimate of drug-likeness (QED) is 0.744. The maximum atomic E-state index is 12.7. The number of nitrogens with zero attached hydrogens (tertiary/aromatic N) is 1. The minimum atomic E-state index is -3.52. The first kappa shape index (κ1) is 20.5. The Kier molecular flexibility index (Phi) is 5.86. The van der Waals surface area contributed by atoms with Crippen molar-refractivity contribution in [1.82, 2.24) is 5.32 Å². The summed E-state index contributed by atoms with van der Waals surface area (Å²) in [6.45, 7) is 3.69. The molecule has 0 saturated heterocycles. The van der Waals surface area contributed by atoms with Gasteiger partial charge in [-0.2, -0.15) is 0 Å². The number of para-hydroxylation sites is 1. The molecule has 1 amide bonds. The number of rotatable bonds is 7. The second kappa shape index (κ2) is 8.01. The van der Waals surface area contributed by atoms with E-state index >= 15 is 0 Å². The van der Waals surface area contributed by atoms with E-state index in [2.05, 4.69) is 5.32 Å². The van der Waals surface area contributed by atoms with Crippen LogP contribution in [-0.4, -0.2) is 38.8 Å². The Morgan fingerprint density at radius 2 is 1.86 bits per heavy atom. The van der Waals surface area contributed by atoms with Crippen LogP contribution in [0, 0.1) is 0 Å². The number of sulfonamides is 1. The third-order valence-corrected chi connectivity index (χ3v) is 6.58. The van der Waals surface area contributed by atoms with E-state index in [1.807, 2.05) is 24.3 Å². The zero-order valence-corrected chi connectivity index (χ0v) is 17.4. The van der Waals surface area contributed by atoms with Gasteiger partial charge in [-0.25, -0.2) is 8.42 Å². The standard InChI is InChI=1S/C20H23ClN2O4S/c1-20(2,27-17-9-7-16(21)8-10-17)19(24)22-12-14-28(25,26)23-13-11-15-5-3-4-6-18(15)23/h3-10H,11-14H2,1-2H3,(H,22,24). The smallest absolute Gasteiger partial charge is 0.263 e. The maximum Gasteiger partial charge on any atom is 0.263 e.